The van der Waals surface area contributed by atoms with Crippen LogP contribution in [0.4, 0.5) is 0 Å². The molecule has 2 aliphatic rings. The summed E-state index contributed by atoms with van der Waals surface area (Å²) in [4.78, 5) is 0. The molecule has 2 fully saturated rings. The summed E-state index contributed by atoms with van der Waals surface area (Å²) in [6.07, 6.45) is 8.48. The Labute approximate surface area is 57.6 Å². The van der Waals surface area contributed by atoms with Gasteiger partial charge in [-0.1, -0.05) is 19.8 Å². The molecule has 0 spiro atoms. The van der Waals surface area contributed by atoms with Crippen LogP contribution in [0.1, 0.15) is 32.6 Å². The fourth-order valence-corrected chi connectivity index (χ4v) is 2.54. The lowest BCUT2D eigenvalue weighted by atomic mass is 10.0. The average Bonchev–Trinajstić information content (AvgIpc) is 2.60. The molecule has 9 heavy (non-hydrogen) atoms. The van der Waals surface area contributed by atoms with Gasteiger partial charge in [0.05, 0.1) is 0 Å². The standard InChI is InChI=1S/C9H15/c1-2-7-8-5-3-4-6-9(7)8/h2,7-9H,3-6H2,1H3. The summed E-state index contributed by atoms with van der Waals surface area (Å²) in [5, 5.41) is 0. The molecule has 2 saturated carbocycles. The molecule has 0 aliphatic heterocycles. The van der Waals surface area contributed by atoms with Crippen molar-refractivity contribution in [2.45, 2.75) is 32.6 Å². The highest BCUT2D eigenvalue weighted by molar-refractivity contribution is 5.03. The molecule has 51 valence electrons. The van der Waals surface area contributed by atoms with Crippen LogP contribution in [-0.4, -0.2) is 0 Å². The zero-order valence-electron chi connectivity index (χ0n) is 6.14. The largest absolute Gasteiger partial charge is 0.0620 e. The van der Waals surface area contributed by atoms with E-state index in [1.807, 2.05) is 0 Å². The Balaban J connectivity index is 1.91. The molecule has 0 aromatic heterocycles. The Hall–Kier alpha value is 0. The highest BCUT2D eigenvalue weighted by Gasteiger charge is 2.48. The summed E-state index contributed by atoms with van der Waals surface area (Å²) in [7, 11) is 0. The molecule has 2 unspecified atom stereocenters. The van der Waals surface area contributed by atoms with Crippen molar-refractivity contribution in [3.63, 3.8) is 0 Å². The van der Waals surface area contributed by atoms with Gasteiger partial charge in [-0.05, 0) is 37.0 Å². The van der Waals surface area contributed by atoms with Crippen LogP contribution in [0.25, 0.3) is 0 Å². The summed E-state index contributed by atoms with van der Waals surface area (Å²) < 4.78 is 0. The minimum absolute atomic E-state index is 1.03. The summed E-state index contributed by atoms with van der Waals surface area (Å²) in [6, 6.07) is 0. The van der Waals surface area contributed by atoms with E-state index in [2.05, 4.69) is 13.3 Å². The van der Waals surface area contributed by atoms with Crippen molar-refractivity contribution in [3.05, 3.63) is 6.42 Å². The van der Waals surface area contributed by atoms with Gasteiger partial charge in [-0.2, -0.15) is 0 Å². The maximum atomic E-state index is 2.42. The molecule has 2 atom stereocenters. The van der Waals surface area contributed by atoms with E-state index < -0.39 is 0 Å². The molecular formula is C9H15. The molecule has 0 heterocycles. The van der Waals surface area contributed by atoms with Crippen molar-refractivity contribution in [1.29, 1.82) is 0 Å². The van der Waals surface area contributed by atoms with E-state index in [9.17, 15) is 0 Å². The first-order valence-corrected chi connectivity index (χ1v) is 4.23. The molecule has 0 heteroatoms. The Morgan fingerprint density at radius 3 is 2.11 bits per heavy atom. The summed E-state index contributed by atoms with van der Waals surface area (Å²) in [6.45, 7) is 2.23. The Morgan fingerprint density at radius 1 is 1.11 bits per heavy atom. The molecule has 0 amide bonds. The first-order valence-electron chi connectivity index (χ1n) is 4.23. The summed E-state index contributed by atoms with van der Waals surface area (Å²) >= 11 is 0. The van der Waals surface area contributed by atoms with Crippen LogP contribution in [0.3, 0.4) is 0 Å². The lowest BCUT2D eigenvalue weighted by molar-refractivity contribution is 0.480. The van der Waals surface area contributed by atoms with Gasteiger partial charge in [0, 0.05) is 0 Å². The zero-order valence-corrected chi connectivity index (χ0v) is 6.14. The van der Waals surface area contributed by atoms with Gasteiger partial charge in [-0.3, -0.25) is 0 Å². The topological polar surface area (TPSA) is 0 Å². The quantitative estimate of drug-likeness (QED) is 0.503. The number of hydrogen-bond acceptors (Lipinski definition) is 0. The highest BCUT2D eigenvalue weighted by atomic mass is 14.5. The zero-order chi connectivity index (χ0) is 6.27. The minimum Gasteiger partial charge on any atom is -0.0620 e. The Morgan fingerprint density at radius 2 is 1.67 bits per heavy atom. The van der Waals surface area contributed by atoms with Crippen molar-refractivity contribution < 1.29 is 0 Å². The maximum absolute atomic E-state index is 2.42. The lowest BCUT2D eigenvalue weighted by Crippen LogP contribution is -1.91. The lowest BCUT2D eigenvalue weighted by Gasteiger charge is -2.04. The number of fused-ring (bicyclic) bond motifs is 1. The molecule has 0 bridgehead atoms. The third-order valence-electron chi connectivity index (χ3n) is 3.11. The second-order valence-electron chi connectivity index (χ2n) is 3.52. The molecule has 0 nitrogen and oxygen atoms in total. The van der Waals surface area contributed by atoms with E-state index in [0.29, 0.717) is 0 Å². The fourth-order valence-electron chi connectivity index (χ4n) is 2.54. The maximum Gasteiger partial charge on any atom is -0.0323 e. The molecule has 0 aromatic carbocycles. The van der Waals surface area contributed by atoms with Crippen LogP contribution in [0.15, 0.2) is 0 Å². The minimum atomic E-state index is 1.03. The van der Waals surface area contributed by atoms with Gasteiger partial charge in [0.25, 0.3) is 0 Å². The van der Waals surface area contributed by atoms with E-state index in [0.717, 1.165) is 17.8 Å². The summed E-state index contributed by atoms with van der Waals surface area (Å²) in [5.74, 6) is 3.29. The van der Waals surface area contributed by atoms with Crippen LogP contribution in [0.2, 0.25) is 0 Å². The van der Waals surface area contributed by atoms with Gasteiger partial charge < -0.3 is 0 Å². The molecule has 0 N–H and O–H groups in total. The van der Waals surface area contributed by atoms with Gasteiger partial charge in [0.2, 0.25) is 0 Å². The van der Waals surface area contributed by atoms with E-state index >= 15 is 0 Å². The fraction of sp³-hybridized carbons (Fsp3) is 0.889. The van der Waals surface area contributed by atoms with Gasteiger partial charge >= 0.3 is 0 Å². The average molecular weight is 123 g/mol. The Bertz CT molecular complexity index is 87.9. The van der Waals surface area contributed by atoms with E-state index in [1.165, 1.54) is 25.7 Å². The van der Waals surface area contributed by atoms with Crippen molar-refractivity contribution >= 4 is 0 Å². The predicted octanol–water partition coefficient (Wildman–Crippen LogP) is 2.65. The predicted molar refractivity (Wildman–Crippen MR) is 38.9 cm³/mol. The van der Waals surface area contributed by atoms with Crippen LogP contribution >= 0.6 is 0 Å². The van der Waals surface area contributed by atoms with Crippen molar-refractivity contribution in [1.82, 2.24) is 0 Å². The third-order valence-corrected chi connectivity index (χ3v) is 3.11. The molecular weight excluding hydrogens is 108 g/mol. The first-order chi connectivity index (χ1) is 4.43. The Kier molecular flexibility index (Phi) is 1.28. The highest BCUT2D eigenvalue weighted by Crippen LogP contribution is 2.56. The van der Waals surface area contributed by atoms with E-state index in [-0.39, 0.29) is 0 Å². The van der Waals surface area contributed by atoms with E-state index in [4.69, 9.17) is 0 Å². The van der Waals surface area contributed by atoms with Gasteiger partial charge in [0.1, 0.15) is 0 Å². The molecule has 1 radical (unpaired) electrons. The molecule has 0 aromatic rings. The van der Waals surface area contributed by atoms with Gasteiger partial charge in [-0.15, -0.1) is 0 Å². The second-order valence-corrected chi connectivity index (χ2v) is 3.52. The smallest absolute Gasteiger partial charge is 0.0323 e. The van der Waals surface area contributed by atoms with Gasteiger partial charge in [-0.25, -0.2) is 0 Å². The molecule has 0 saturated heterocycles. The van der Waals surface area contributed by atoms with Crippen LogP contribution in [-0.2, 0) is 0 Å². The SMILES string of the molecule is C[CH]C1C2CCCCC12. The van der Waals surface area contributed by atoms with Crippen molar-refractivity contribution in [2.24, 2.45) is 17.8 Å². The third kappa shape index (κ3) is 0.798. The normalized spacial score (nSPS) is 48.3. The number of rotatable bonds is 1. The van der Waals surface area contributed by atoms with Crippen LogP contribution in [0, 0.1) is 24.2 Å². The van der Waals surface area contributed by atoms with Crippen LogP contribution < -0.4 is 0 Å². The van der Waals surface area contributed by atoms with Crippen molar-refractivity contribution in [3.8, 4) is 0 Å². The van der Waals surface area contributed by atoms with Crippen molar-refractivity contribution in [2.75, 3.05) is 0 Å². The second kappa shape index (κ2) is 2.00. The molecule has 2 aliphatic carbocycles. The summed E-state index contributed by atoms with van der Waals surface area (Å²) in [5.41, 5.74) is 0. The first kappa shape index (κ1) is 5.76. The van der Waals surface area contributed by atoms with Gasteiger partial charge in [0.15, 0.2) is 0 Å². The van der Waals surface area contributed by atoms with Crippen LogP contribution in [0.5, 0.6) is 0 Å². The molecule has 2 rings (SSSR count). The monoisotopic (exact) mass is 123 g/mol. The van der Waals surface area contributed by atoms with E-state index in [1.54, 1.807) is 0 Å². The number of hydrogen-bond donors (Lipinski definition) is 0.